The number of carbonyl (C=O) groups is 1. The summed E-state index contributed by atoms with van der Waals surface area (Å²) in [7, 11) is 0. The van der Waals surface area contributed by atoms with Gasteiger partial charge in [-0.05, 0) is 31.7 Å². The Balaban J connectivity index is 1.80. The van der Waals surface area contributed by atoms with Crippen LogP contribution < -0.4 is 0 Å². The molecule has 4 nitrogen and oxygen atoms in total. The van der Waals surface area contributed by atoms with Gasteiger partial charge in [0.15, 0.2) is 0 Å². The van der Waals surface area contributed by atoms with E-state index in [0.29, 0.717) is 11.3 Å². The second-order valence-corrected chi connectivity index (χ2v) is 4.64. The molecule has 0 aliphatic rings. The Morgan fingerprint density at radius 1 is 1.26 bits per heavy atom. The molecule has 0 atom stereocenters. The van der Waals surface area contributed by atoms with Crippen LogP contribution in [0, 0.1) is 6.92 Å². The van der Waals surface area contributed by atoms with Crippen LogP contribution in [0.3, 0.4) is 0 Å². The summed E-state index contributed by atoms with van der Waals surface area (Å²) >= 11 is 0. The molecule has 100 valence electrons. The Morgan fingerprint density at radius 2 is 2.00 bits per heavy atom. The van der Waals surface area contributed by atoms with E-state index in [4.69, 9.17) is 5.11 Å². The highest BCUT2D eigenvalue weighted by Gasteiger charge is 2.11. The molecule has 0 radical (unpaired) electrons. The van der Waals surface area contributed by atoms with Crippen molar-refractivity contribution in [1.82, 2.24) is 9.78 Å². The summed E-state index contributed by atoms with van der Waals surface area (Å²) in [5, 5.41) is 13.2. The standard InChI is InChI=1S/C15H18N2O2/c1-12-14(15(18)19)11-17(16-12)10-6-5-9-13-7-3-2-4-8-13/h2-4,7-8,11H,5-6,9-10H2,1H3,(H,18,19). The van der Waals surface area contributed by atoms with Crippen LogP contribution in [0.25, 0.3) is 0 Å². The lowest BCUT2D eigenvalue weighted by atomic mass is 10.1. The van der Waals surface area contributed by atoms with Crippen LogP contribution >= 0.6 is 0 Å². The Hall–Kier alpha value is -2.10. The van der Waals surface area contributed by atoms with Crippen LogP contribution in [-0.4, -0.2) is 20.9 Å². The van der Waals surface area contributed by atoms with Crippen LogP contribution in [0.5, 0.6) is 0 Å². The number of aromatic carboxylic acids is 1. The van der Waals surface area contributed by atoms with Gasteiger partial charge in [0.05, 0.1) is 5.69 Å². The average molecular weight is 258 g/mol. The highest BCUT2D eigenvalue weighted by atomic mass is 16.4. The summed E-state index contributed by atoms with van der Waals surface area (Å²) in [4.78, 5) is 10.9. The highest BCUT2D eigenvalue weighted by molar-refractivity contribution is 5.88. The van der Waals surface area contributed by atoms with Gasteiger partial charge in [-0.15, -0.1) is 0 Å². The lowest BCUT2D eigenvalue weighted by molar-refractivity contribution is 0.0696. The number of hydrogen-bond donors (Lipinski definition) is 1. The second-order valence-electron chi connectivity index (χ2n) is 4.64. The van der Waals surface area contributed by atoms with Crippen molar-refractivity contribution in [2.45, 2.75) is 32.7 Å². The predicted molar refractivity (Wildman–Crippen MR) is 73.3 cm³/mol. The minimum absolute atomic E-state index is 0.294. The number of unbranched alkanes of at least 4 members (excludes halogenated alkanes) is 1. The lowest BCUT2D eigenvalue weighted by Gasteiger charge is -2.02. The number of aryl methyl sites for hydroxylation is 3. The zero-order valence-corrected chi connectivity index (χ0v) is 11.0. The minimum Gasteiger partial charge on any atom is -0.478 e. The van der Waals surface area contributed by atoms with E-state index in [-0.39, 0.29) is 0 Å². The third-order valence-electron chi connectivity index (χ3n) is 3.12. The normalized spacial score (nSPS) is 10.6. The monoisotopic (exact) mass is 258 g/mol. The Bertz CT molecular complexity index is 547. The quantitative estimate of drug-likeness (QED) is 0.810. The van der Waals surface area contributed by atoms with E-state index >= 15 is 0 Å². The number of benzene rings is 1. The number of carboxylic acid groups (broad SMARTS) is 1. The maximum absolute atomic E-state index is 10.9. The van der Waals surface area contributed by atoms with Crippen LogP contribution in [0.4, 0.5) is 0 Å². The van der Waals surface area contributed by atoms with Crippen LogP contribution in [0.15, 0.2) is 36.5 Å². The number of rotatable bonds is 6. The fourth-order valence-electron chi connectivity index (χ4n) is 2.09. The van der Waals surface area contributed by atoms with Crippen molar-refractivity contribution in [3.8, 4) is 0 Å². The molecule has 0 spiro atoms. The van der Waals surface area contributed by atoms with Crippen molar-refractivity contribution < 1.29 is 9.90 Å². The van der Waals surface area contributed by atoms with E-state index in [1.165, 1.54) is 5.56 Å². The molecular formula is C15H18N2O2. The molecule has 2 rings (SSSR count). The molecule has 0 unspecified atom stereocenters. The predicted octanol–water partition coefficient (Wildman–Crippen LogP) is 2.91. The molecule has 0 aliphatic carbocycles. The van der Waals surface area contributed by atoms with E-state index in [1.54, 1.807) is 17.8 Å². The number of hydrogen-bond acceptors (Lipinski definition) is 2. The van der Waals surface area contributed by atoms with Crippen molar-refractivity contribution >= 4 is 5.97 Å². The van der Waals surface area contributed by atoms with E-state index < -0.39 is 5.97 Å². The molecule has 0 saturated carbocycles. The molecule has 0 bridgehead atoms. The van der Waals surface area contributed by atoms with E-state index in [9.17, 15) is 4.79 Å². The molecule has 4 heteroatoms. The molecule has 0 fully saturated rings. The van der Waals surface area contributed by atoms with Gasteiger partial charge in [-0.3, -0.25) is 4.68 Å². The first-order valence-corrected chi connectivity index (χ1v) is 6.48. The van der Waals surface area contributed by atoms with Crippen molar-refractivity contribution in [1.29, 1.82) is 0 Å². The van der Waals surface area contributed by atoms with Crippen molar-refractivity contribution in [2.24, 2.45) is 0 Å². The van der Waals surface area contributed by atoms with Crippen LogP contribution in [0.1, 0.15) is 34.5 Å². The smallest absolute Gasteiger partial charge is 0.339 e. The van der Waals surface area contributed by atoms with Gasteiger partial charge in [0.2, 0.25) is 0 Å². The number of nitrogens with zero attached hydrogens (tertiary/aromatic N) is 2. The first kappa shape index (κ1) is 13.3. The maximum atomic E-state index is 10.9. The van der Waals surface area contributed by atoms with Crippen molar-refractivity contribution in [3.05, 3.63) is 53.3 Å². The Kier molecular flexibility index (Phi) is 4.34. The minimum atomic E-state index is -0.909. The van der Waals surface area contributed by atoms with Gasteiger partial charge in [-0.1, -0.05) is 30.3 Å². The second kappa shape index (κ2) is 6.18. The molecule has 0 aliphatic heterocycles. The fourth-order valence-corrected chi connectivity index (χ4v) is 2.09. The van der Waals surface area contributed by atoms with E-state index in [1.807, 2.05) is 18.2 Å². The zero-order chi connectivity index (χ0) is 13.7. The zero-order valence-electron chi connectivity index (χ0n) is 11.0. The van der Waals surface area contributed by atoms with E-state index in [2.05, 4.69) is 17.2 Å². The van der Waals surface area contributed by atoms with Crippen LogP contribution in [-0.2, 0) is 13.0 Å². The molecule has 1 N–H and O–H groups in total. The molecule has 2 aromatic rings. The highest BCUT2D eigenvalue weighted by Crippen LogP contribution is 2.08. The summed E-state index contributed by atoms with van der Waals surface area (Å²) in [5.74, 6) is -0.909. The average Bonchev–Trinajstić information content (AvgIpc) is 2.77. The van der Waals surface area contributed by atoms with Crippen molar-refractivity contribution in [3.63, 3.8) is 0 Å². The summed E-state index contributed by atoms with van der Waals surface area (Å²) in [5.41, 5.74) is 2.21. The van der Waals surface area contributed by atoms with Gasteiger partial charge in [0, 0.05) is 12.7 Å². The summed E-state index contributed by atoms with van der Waals surface area (Å²) < 4.78 is 1.73. The first-order chi connectivity index (χ1) is 9.16. The van der Waals surface area contributed by atoms with Crippen LogP contribution in [0.2, 0.25) is 0 Å². The summed E-state index contributed by atoms with van der Waals surface area (Å²) in [6.07, 6.45) is 4.73. The Labute approximate surface area is 112 Å². The van der Waals surface area contributed by atoms with E-state index in [0.717, 1.165) is 25.8 Å². The largest absolute Gasteiger partial charge is 0.478 e. The van der Waals surface area contributed by atoms with Gasteiger partial charge >= 0.3 is 5.97 Å². The van der Waals surface area contributed by atoms with Gasteiger partial charge in [-0.25, -0.2) is 4.79 Å². The number of aromatic nitrogens is 2. The maximum Gasteiger partial charge on any atom is 0.339 e. The summed E-state index contributed by atoms with van der Waals surface area (Å²) in [6.45, 7) is 2.49. The molecular weight excluding hydrogens is 240 g/mol. The molecule has 1 aromatic heterocycles. The lowest BCUT2D eigenvalue weighted by Crippen LogP contribution is -1.99. The first-order valence-electron chi connectivity index (χ1n) is 6.48. The Morgan fingerprint density at radius 3 is 2.63 bits per heavy atom. The molecule has 1 heterocycles. The molecule has 19 heavy (non-hydrogen) atoms. The van der Waals surface area contributed by atoms with Gasteiger partial charge in [0.25, 0.3) is 0 Å². The molecule has 0 saturated heterocycles. The third kappa shape index (κ3) is 3.68. The molecule has 1 aromatic carbocycles. The number of carboxylic acids is 1. The SMILES string of the molecule is Cc1nn(CCCCc2ccccc2)cc1C(=O)O. The third-order valence-corrected chi connectivity index (χ3v) is 3.12. The van der Waals surface area contributed by atoms with Gasteiger partial charge in [0.1, 0.15) is 5.56 Å². The molecule has 0 amide bonds. The summed E-state index contributed by atoms with van der Waals surface area (Å²) in [6, 6.07) is 10.4. The topological polar surface area (TPSA) is 55.1 Å². The van der Waals surface area contributed by atoms with Gasteiger partial charge in [-0.2, -0.15) is 5.10 Å². The fraction of sp³-hybridized carbons (Fsp3) is 0.333. The van der Waals surface area contributed by atoms with Crippen molar-refractivity contribution in [2.75, 3.05) is 0 Å². The van der Waals surface area contributed by atoms with Gasteiger partial charge < -0.3 is 5.11 Å².